The van der Waals surface area contributed by atoms with Gasteiger partial charge in [0.1, 0.15) is 0 Å². The van der Waals surface area contributed by atoms with E-state index >= 15 is 0 Å². The summed E-state index contributed by atoms with van der Waals surface area (Å²) in [5.41, 5.74) is 5.99. The zero-order chi connectivity index (χ0) is 14.7. The van der Waals surface area contributed by atoms with E-state index in [1.807, 2.05) is 13.8 Å². The molecule has 1 aliphatic rings. The Morgan fingerprint density at radius 2 is 2.20 bits per heavy atom. The van der Waals surface area contributed by atoms with Crippen molar-refractivity contribution in [3.05, 3.63) is 0 Å². The quantitative estimate of drug-likeness (QED) is 0.925. The largest absolute Gasteiger partial charge is 0.484 e. The third-order valence-electron chi connectivity index (χ3n) is 3.65. The summed E-state index contributed by atoms with van der Waals surface area (Å²) in [4.78, 5) is 4.84. The van der Waals surface area contributed by atoms with Crippen LogP contribution < -0.4 is 15.4 Å². The highest BCUT2D eigenvalue weighted by atomic mass is 32.1. The lowest BCUT2D eigenvalue weighted by Crippen LogP contribution is -2.39. The SMILES string of the molecule is CCC1CN(C)CCCN1c1snc(N)c1OC(C)C. The smallest absolute Gasteiger partial charge is 0.198 e. The monoisotopic (exact) mass is 298 g/mol. The van der Waals surface area contributed by atoms with Crippen LogP contribution in [0.4, 0.5) is 10.8 Å². The summed E-state index contributed by atoms with van der Waals surface area (Å²) in [5.74, 6) is 1.29. The van der Waals surface area contributed by atoms with Crippen molar-refractivity contribution >= 4 is 22.4 Å². The van der Waals surface area contributed by atoms with Crippen molar-refractivity contribution in [3.63, 3.8) is 0 Å². The van der Waals surface area contributed by atoms with E-state index in [0.717, 1.165) is 43.2 Å². The molecule has 0 radical (unpaired) electrons. The lowest BCUT2D eigenvalue weighted by atomic mass is 10.2. The van der Waals surface area contributed by atoms with Crippen LogP contribution in [-0.2, 0) is 0 Å². The lowest BCUT2D eigenvalue weighted by molar-refractivity contribution is 0.244. The van der Waals surface area contributed by atoms with Crippen molar-refractivity contribution in [2.45, 2.75) is 45.8 Å². The Hall–Kier alpha value is -1.01. The molecule has 1 atom stereocenters. The number of nitrogens with zero attached hydrogens (tertiary/aromatic N) is 3. The second-order valence-electron chi connectivity index (χ2n) is 5.74. The van der Waals surface area contributed by atoms with Crippen molar-refractivity contribution in [3.8, 4) is 5.75 Å². The zero-order valence-corrected chi connectivity index (χ0v) is 13.7. The minimum atomic E-state index is 0.113. The standard InChI is InChI=1S/C14H26N4OS/c1-5-11-9-17(4)7-6-8-18(11)14-12(19-10(2)3)13(15)16-20-14/h10-11H,5-9H2,1-4H3,(H2,15,16). The molecule has 0 aliphatic carbocycles. The summed E-state index contributed by atoms with van der Waals surface area (Å²) in [6, 6.07) is 0.497. The minimum absolute atomic E-state index is 0.113. The molecule has 0 aromatic carbocycles. The summed E-state index contributed by atoms with van der Waals surface area (Å²) in [5, 5.41) is 1.10. The van der Waals surface area contributed by atoms with E-state index in [4.69, 9.17) is 10.5 Å². The maximum atomic E-state index is 5.99. The van der Waals surface area contributed by atoms with E-state index in [2.05, 4.69) is 28.1 Å². The molecule has 1 aromatic rings. The lowest BCUT2D eigenvalue weighted by Gasteiger charge is -2.31. The minimum Gasteiger partial charge on any atom is -0.484 e. The first kappa shape index (κ1) is 15.4. The Morgan fingerprint density at radius 3 is 2.85 bits per heavy atom. The second kappa shape index (κ2) is 6.63. The number of hydrogen-bond acceptors (Lipinski definition) is 6. The highest BCUT2D eigenvalue weighted by Gasteiger charge is 2.28. The van der Waals surface area contributed by atoms with Crippen LogP contribution in [0.5, 0.6) is 5.75 Å². The topological polar surface area (TPSA) is 54.6 Å². The molecule has 0 bridgehead atoms. The maximum Gasteiger partial charge on any atom is 0.198 e. The predicted molar refractivity (Wildman–Crippen MR) is 85.8 cm³/mol. The first-order chi connectivity index (χ1) is 9.52. The summed E-state index contributed by atoms with van der Waals surface area (Å²) >= 11 is 1.46. The molecule has 1 unspecified atom stereocenters. The van der Waals surface area contributed by atoms with Crippen molar-refractivity contribution in [1.29, 1.82) is 0 Å². The number of anilines is 2. The van der Waals surface area contributed by atoms with E-state index in [1.54, 1.807) is 0 Å². The van der Waals surface area contributed by atoms with Gasteiger partial charge in [-0.3, -0.25) is 0 Å². The van der Waals surface area contributed by atoms with E-state index in [0.29, 0.717) is 11.9 Å². The fourth-order valence-electron chi connectivity index (χ4n) is 2.67. The first-order valence-electron chi connectivity index (χ1n) is 7.39. The van der Waals surface area contributed by atoms with Crippen LogP contribution in [0, 0.1) is 0 Å². The summed E-state index contributed by atoms with van der Waals surface area (Å²) in [6.45, 7) is 9.54. The molecule has 0 amide bonds. The van der Waals surface area contributed by atoms with Gasteiger partial charge < -0.3 is 20.3 Å². The van der Waals surface area contributed by atoms with Gasteiger partial charge in [0.2, 0.25) is 0 Å². The van der Waals surface area contributed by atoms with Crippen LogP contribution in [0.3, 0.4) is 0 Å². The molecule has 20 heavy (non-hydrogen) atoms. The Bertz CT molecular complexity index is 435. The fourth-order valence-corrected chi connectivity index (χ4v) is 3.52. The van der Waals surface area contributed by atoms with Crippen molar-refractivity contribution in [2.24, 2.45) is 0 Å². The molecule has 0 saturated carbocycles. The number of hydrogen-bond donors (Lipinski definition) is 1. The van der Waals surface area contributed by atoms with Crippen LogP contribution in [0.1, 0.15) is 33.6 Å². The van der Waals surface area contributed by atoms with Crippen LogP contribution in [0.25, 0.3) is 0 Å². The van der Waals surface area contributed by atoms with Gasteiger partial charge in [0, 0.05) is 19.1 Å². The molecule has 2 heterocycles. The highest BCUT2D eigenvalue weighted by Crippen LogP contribution is 2.40. The molecule has 2 rings (SSSR count). The Morgan fingerprint density at radius 1 is 1.45 bits per heavy atom. The van der Waals surface area contributed by atoms with Gasteiger partial charge in [-0.2, -0.15) is 4.37 Å². The van der Waals surface area contributed by atoms with Crippen molar-refractivity contribution in [1.82, 2.24) is 9.27 Å². The molecular formula is C14H26N4OS. The molecule has 1 fully saturated rings. The van der Waals surface area contributed by atoms with E-state index in [1.165, 1.54) is 11.5 Å². The number of rotatable bonds is 4. The average molecular weight is 298 g/mol. The number of aromatic nitrogens is 1. The molecule has 1 saturated heterocycles. The molecule has 1 aliphatic heterocycles. The first-order valence-corrected chi connectivity index (χ1v) is 8.17. The van der Waals surface area contributed by atoms with Crippen LogP contribution >= 0.6 is 11.5 Å². The van der Waals surface area contributed by atoms with Crippen LogP contribution in [0.2, 0.25) is 0 Å². The third-order valence-corrected chi connectivity index (χ3v) is 4.53. The Labute approximate surface area is 125 Å². The highest BCUT2D eigenvalue weighted by molar-refractivity contribution is 7.11. The second-order valence-corrected chi connectivity index (χ2v) is 6.49. The van der Waals surface area contributed by atoms with Crippen LogP contribution in [0.15, 0.2) is 0 Å². The fraction of sp³-hybridized carbons (Fsp3) is 0.786. The van der Waals surface area contributed by atoms with Crippen molar-refractivity contribution in [2.75, 3.05) is 37.3 Å². The van der Waals surface area contributed by atoms with Gasteiger partial charge in [-0.25, -0.2) is 0 Å². The molecule has 114 valence electrons. The molecule has 2 N–H and O–H groups in total. The number of likely N-dealkylation sites (N-methyl/N-ethyl adjacent to an activating group) is 1. The summed E-state index contributed by atoms with van der Waals surface area (Å²) < 4.78 is 10.2. The normalized spacial score (nSPS) is 21.2. The van der Waals surface area contributed by atoms with Gasteiger partial charge in [-0.05, 0) is 51.8 Å². The van der Waals surface area contributed by atoms with Gasteiger partial charge in [0.25, 0.3) is 0 Å². The number of ether oxygens (including phenoxy) is 1. The van der Waals surface area contributed by atoms with Gasteiger partial charge in [-0.15, -0.1) is 0 Å². The zero-order valence-electron chi connectivity index (χ0n) is 12.9. The molecule has 1 aromatic heterocycles. The maximum absolute atomic E-state index is 5.99. The van der Waals surface area contributed by atoms with Gasteiger partial charge >= 0.3 is 0 Å². The summed E-state index contributed by atoms with van der Waals surface area (Å²) in [7, 11) is 2.19. The van der Waals surface area contributed by atoms with E-state index in [-0.39, 0.29) is 6.10 Å². The molecule has 5 nitrogen and oxygen atoms in total. The van der Waals surface area contributed by atoms with Crippen molar-refractivity contribution < 1.29 is 4.74 Å². The number of nitrogen functional groups attached to an aromatic ring is 1. The third kappa shape index (κ3) is 3.35. The Kier molecular flexibility index (Phi) is 5.10. The van der Waals surface area contributed by atoms with E-state index in [9.17, 15) is 0 Å². The van der Waals surface area contributed by atoms with Gasteiger partial charge in [0.15, 0.2) is 16.6 Å². The average Bonchev–Trinajstić information content (AvgIpc) is 2.63. The molecule has 0 spiro atoms. The molecular weight excluding hydrogens is 272 g/mol. The summed E-state index contributed by atoms with van der Waals surface area (Å²) in [6.07, 6.45) is 2.39. The predicted octanol–water partition coefficient (Wildman–Crippen LogP) is 2.43. The van der Waals surface area contributed by atoms with E-state index < -0.39 is 0 Å². The Balaban J connectivity index is 2.28. The van der Waals surface area contributed by atoms with Gasteiger partial charge in [0.05, 0.1) is 6.10 Å². The van der Waals surface area contributed by atoms with Crippen LogP contribution in [-0.4, -0.2) is 48.1 Å². The van der Waals surface area contributed by atoms with Gasteiger partial charge in [-0.1, -0.05) is 6.92 Å². The number of nitrogens with two attached hydrogens (primary N) is 1. The molecule has 6 heteroatoms.